The van der Waals surface area contributed by atoms with Crippen molar-refractivity contribution >= 4 is 52.3 Å². The van der Waals surface area contributed by atoms with Crippen molar-refractivity contribution in [1.29, 1.82) is 0 Å². The summed E-state index contributed by atoms with van der Waals surface area (Å²) in [7, 11) is 0. The lowest BCUT2D eigenvalue weighted by molar-refractivity contribution is -0.136. The molecule has 0 saturated carbocycles. The molecule has 0 radical (unpaired) electrons. The van der Waals surface area contributed by atoms with Crippen molar-refractivity contribution in [2.75, 3.05) is 80.1 Å². The number of carbonyl (C=O) groups excluding carboxylic acids is 5. The number of piperazine rings is 1. The van der Waals surface area contributed by atoms with Gasteiger partial charge in [-0.15, -0.1) is 0 Å². The molecule has 6 aliphatic rings. The molecule has 1 spiro atoms. The van der Waals surface area contributed by atoms with Gasteiger partial charge in [0.25, 0.3) is 17.7 Å². The molecule has 5 amide bonds. The topological polar surface area (TPSA) is 121 Å². The van der Waals surface area contributed by atoms with Crippen molar-refractivity contribution in [3.05, 3.63) is 94.3 Å². The standard InChI is InChI=1S/C45H50N8O5/c1-30-27-34(8-10-38(30)46-2)52-22-17-45(29-52)15-20-49(21-16-45)32-5-3-31(4-6-32)42(56)51-25-23-50(24-26-51)33-13-18-48(19-14-33)35-7-9-36-37(28-35)44(58)53(43(36)57)39-11-12-40(54)47-41(39)55/h3-10,27-28,33,39H,11-26,29H2,1H3,(H,47,54,55). The maximum atomic E-state index is 13.6. The van der Waals surface area contributed by atoms with Crippen molar-refractivity contribution in [2.24, 2.45) is 5.41 Å². The number of hydrogen-bond acceptors (Lipinski definition) is 9. The number of nitrogens with one attached hydrogen (secondary N) is 1. The highest BCUT2D eigenvalue weighted by molar-refractivity contribution is 6.23. The molecule has 1 unspecified atom stereocenters. The summed E-state index contributed by atoms with van der Waals surface area (Å²) in [6.07, 6.45) is 5.63. The van der Waals surface area contributed by atoms with Gasteiger partial charge in [0.2, 0.25) is 11.8 Å². The normalized spacial score (nSPS) is 22.8. The fourth-order valence-corrected chi connectivity index (χ4v) is 10.2. The van der Waals surface area contributed by atoms with Crippen LogP contribution in [0.2, 0.25) is 0 Å². The molecule has 3 aromatic carbocycles. The van der Waals surface area contributed by atoms with E-state index in [0.717, 1.165) is 105 Å². The van der Waals surface area contributed by atoms with E-state index >= 15 is 0 Å². The number of rotatable bonds is 6. The quantitative estimate of drug-likeness (QED) is 0.276. The Balaban J connectivity index is 0.731. The van der Waals surface area contributed by atoms with Gasteiger partial charge in [-0.2, -0.15) is 0 Å². The van der Waals surface area contributed by atoms with E-state index in [1.165, 1.54) is 17.8 Å². The van der Waals surface area contributed by atoms with Gasteiger partial charge in [0.1, 0.15) is 6.04 Å². The van der Waals surface area contributed by atoms with Gasteiger partial charge in [-0.1, -0.05) is 6.07 Å². The Morgan fingerprint density at radius 2 is 1.33 bits per heavy atom. The van der Waals surface area contributed by atoms with E-state index < -0.39 is 29.7 Å². The van der Waals surface area contributed by atoms with Crippen LogP contribution in [0.5, 0.6) is 0 Å². The Labute approximate surface area is 339 Å². The average Bonchev–Trinajstić information content (AvgIpc) is 3.77. The van der Waals surface area contributed by atoms with Crippen LogP contribution in [-0.2, 0) is 9.59 Å². The molecule has 9 rings (SSSR count). The van der Waals surface area contributed by atoms with Crippen LogP contribution in [0.15, 0.2) is 60.7 Å². The summed E-state index contributed by atoms with van der Waals surface area (Å²) in [4.78, 5) is 80.5. The van der Waals surface area contributed by atoms with E-state index in [4.69, 9.17) is 6.57 Å². The summed E-state index contributed by atoms with van der Waals surface area (Å²) in [6, 6.07) is 19.2. The molecule has 1 N–H and O–H groups in total. The molecule has 13 heteroatoms. The molecule has 1 atom stereocenters. The second kappa shape index (κ2) is 15.2. The minimum Gasteiger partial charge on any atom is -0.371 e. The van der Waals surface area contributed by atoms with E-state index in [0.29, 0.717) is 35.7 Å². The van der Waals surface area contributed by atoms with Crippen LogP contribution in [-0.4, -0.2) is 122 Å². The van der Waals surface area contributed by atoms with Crippen LogP contribution in [0.4, 0.5) is 22.7 Å². The fourth-order valence-electron chi connectivity index (χ4n) is 10.2. The van der Waals surface area contributed by atoms with E-state index in [1.54, 1.807) is 12.1 Å². The lowest BCUT2D eigenvalue weighted by Crippen LogP contribution is -2.54. The Hall–Kier alpha value is -5.74. The highest BCUT2D eigenvalue weighted by Crippen LogP contribution is 2.43. The predicted molar refractivity (Wildman–Crippen MR) is 220 cm³/mol. The monoisotopic (exact) mass is 782 g/mol. The number of imide groups is 2. The highest BCUT2D eigenvalue weighted by Gasteiger charge is 2.45. The number of benzene rings is 3. The van der Waals surface area contributed by atoms with Gasteiger partial charge in [0.15, 0.2) is 5.69 Å². The second-order valence-electron chi connectivity index (χ2n) is 17.0. The molecule has 5 fully saturated rings. The van der Waals surface area contributed by atoms with Gasteiger partial charge in [0.05, 0.1) is 17.7 Å². The van der Waals surface area contributed by atoms with Crippen molar-refractivity contribution in [2.45, 2.75) is 64.0 Å². The molecular formula is C45H50N8O5. The van der Waals surface area contributed by atoms with Gasteiger partial charge >= 0.3 is 0 Å². The van der Waals surface area contributed by atoms with Gasteiger partial charge in [0, 0.05) is 101 Å². The van der Waals surface area contributed by atoms with Gasteiger partial charge in [-0.05, 0) is 111 Å². The zero-order chi connectivity index (χ0) is 40.1. The zero-order valence-corrected chi connectivity index (χ0v) is 33.1. The maximum absolute atomic E-state index is 13.6. The summed E-state index contributed by atoms with van der Waals surface area (Å²) in [5, 5.41) is 2.25. The maximum Gasteiger partial charge on any atom is 0.262 e. The predicted octanol–water partition coefficient (Wildman–Crippen LogP) is 4.87. The first-order valence-corrected chi connectivity index (χ1v) is 20.8. The molecule has 6 aliphatic heterocycles. The average molecular weight is 783 g/mol. The van der Waals surface area contributed by atoms with Crippen molar-refractivity contribution in [1.82, 2.24) is 20.0 Å². The number of hydrogen-bond donors (Lipinski definition) is 1. The van der Waals surface area contributed by atoms with E-state index in [9.17, 15) is 24.0 Å². The molecule has 6 heterocycles. The molecule has 58 heavy (non-hydrogen) atoms. The number of nitrogens with zero attached hydrogens (tertiary/aromatic N) is 7. The number of carbonyl (C=O) groups is 5. The third kappa shape index (κ3) is 6.97. The largest absolute Gasteiger partial charge is 0.371 e. The zero-order valence-electron chi connectivity index (χ0n) is 33.1. The summed E-state index contributed by atoms with van der Waals surface area (Å²) in [5.41, 5.74) is 6.72. The number of fused-ring (bicyclic) bond motifs is 1. The lowest BCUT2D eigenvalue weighted by Gasteiger charge is -2.43. The molecule has 0 aromatic heterocycles. The summed E-state index contributed by atoms with van der Waals surface area (Å²) < 4.78 is 0. The van der Waals surface area contributed by atoms with Gasteiger partial charge in [-0.25, -0.2) is 4.85 Å². The van der Waals surface area contributed by atoms with Gasteiger partial charge in [-0.3, -0.25) is 39.1 Å². The molecule has 0 bridgehead atoms. The molecule has 0 aliphatic carbocycles. The summed E-state index contributed by atoms with van der Waals surface area (Å²) in [5.74, 6) is -1.89. The Morgan fingerprint density at radius 1 is 0.707 bits per heavy atom. The molecule has 300 valence electrons. The number of piperidine rings is 3. The first-order chi connectivity index (χ1) is 28.1. The van der Waals surface area contributed by atoms with Crippen molar-refractivity contribution in [3.8, 4) is 0 Å². The number of amides is 5. The number of anilines is 3. The molecule has 3 aromatic rings. The van der Waals surface area contributed by atoms with Crippen molar-refractivity contribution < 1.29 is 24.0 Å². The van der Waals surface area contributed by atoms with Crippen LogP contribution in [0.1, 0.15) is 81.6 Å². The van der Waals surface area contributed by atoms with Crippen molar-refractivity contribution in [3.63, 3.8) is 0 Å². The van der Waals surface area contributed by atoms with E-state index in [2.05, 4.69) is 54.0 Å². The molecule has 13 nitrogen and oxygen atoms in total. The van der Waals surface area contributed by atoms with Crippen LogP contribution < -0.4 is 20.0 Å². The summed E-state index contributed by atoms with van der Waals surface area (Å²) >= 11 is 0. The molecule has 5 saturated heterocycles. The van der Waals surface area contributed by atoms with Crippen LogP contribution in [0.25, 0.3) is 4.85 Å². The first-order valence-electron chi connectivity index (χ1n) is 20.8. The third-order valence-electron chi connectivity index (χ3n) is 13.8. The second-order valence-corrected chi connectivity index (χ2v) is 17.0. The molecular weight excluding hydrogens is 733 g/mol. The van der Waals surface area contributed by atoms with E-state index in [-0.39, 0.29) is 18.7 Å². The van der Waals surface area contributed by atoms with E-state index in [1.807, 2.05) is 36.1 Å². The number of aryl methyl sites for hydroxylation is 1. The Kier molecular flexibility index (Phi) is 9.92. The summed E-state index contributed by atoms with van der Waals surface area (Å²) in [6.45, 7) is 18.2. The van der Waals surface area contributed by atoms with Crippen LogP contribution in [0.3, 0.4) is 0 Å². The Bertz CT molecular complexity index is 2190. The lowest BCUT2D eigenvalue weighted by atomic mass is 9.77. The van der Waals surface area contributed by atoms with Gasteiger partial charge < -0.3 is 19.6 Å². The highest BCUT2D eigenvalue weighted by atomic mass is 16.2. The fraction of sp³-hybridized carbons (Fsp3) is 0.467. The first kappa shape index (κ1) is 37.8. The minimum atomic E-state index is -0.975. The van der Waals surface area contributed by atoms with Crippen LogP contribution >= 0.6 is 0 Å². The minimum absolute atomic E-state index is 0.0881. The smallest absolute Gasteiger partial charge is 0.262 e. The SMILES string of the molecule is [C-]#[N+]c1ccc(N2CCC3(CCN(c4ccc(C(=O)N5CCN(C6CCN(c7ccc8c(c7)C(=O)N(C7CCC(=O)NC7=O)C8=O)CC6)CC5)cc4)CC3)C2)cc1C. The van der Waals surface area contributed by atoms with Crippen LogP contribution in [0, 0.1) is 18.9 Å². The Morgan fingerprint density at radius 3 is 2.00 bits per heavy atom. The third-order valence-corrected chi connectivity index (χ3v) is 13.8.